The molecule has 1 heterocycles. The smallest absolute Gasteiger partial charge is 0.407 e. The maximum absolute atomic E-state index is 13.6. The molecule has 1 unspecified atom stereocenters. The van der Waals surface area contributed by atoms with Crippen LogP contribution in [0.5, 0.6) is 5.75 Å². The molecule has 1 aromatic carbocycles. The Balaban J connectivity index is 1.87. The second kappa shape index (κ2) is 8.87. The number of halogens is 1. The van der Waals surface area contributed by atoms with Gasteiger partial charge in [0.2, 0.25) is 0 Å². The van der Waals surface area contributed by atoms with E-state index >= 15 is 0 Å². The molecule has 1 atom stereocenters. The number of amides is 2. The molecule has 0 bridgehead atoms. The highest BCUT2D eigenvalue weighted by molar-refractivity contribution is 5.78. The first-order chi connectivity index (χ1) is 12.3. The van der Waals surface area contributed by atoms with Crippen molar-refractivity contribution >= 4 is 12.0 Å². The van der Waals surface area contributed by atoms with E-state index in [1.807, 2.05) is 0 Å². The zero-order chi connectivity index (χ0) is 19.2. The van der Waals surface area contributed by atoms with Crippen LogP contribution in [0.1, 0.15) is 40.0 Å². The number of nitrogens with zero attached hydrogens (tertiary/aromatic N) is 1. The lowest BCUT2D eigenvalue weighted by atomic mass is 10.0. The van der Waals surface area contributed by atoms with Crippen LogP contribution >= 0.6 is 0 Å². The van der Waals surface area contributed by atoms with Gasteiger partial charge in [-0.15, -0.1) is 0 Å². The molecule has 1 saturated heterocycles. The number of likely N-dealkylation sites (tertiary alicyclic amines) is 1. The number of carbonyl (C=O) groups excluding carboxylic acids is 2. The van der Waals surface area contributed by atoms with Gasteiger partial charge >= 0.3 is 6.09 Å². The molecule has 1 N–H and O–H groups in total. The molecule has 26 heavy (non-hydrogen) atoms. The summed E-state index contributed by atoms with van der Waals surface area (Å²) in [5.74, 6) is -0.660. The summed E-state index contributed by atoms with van der Waals surface area (Å²) in [5, 5.41) is 2.72. The number of rotatable bonds is 5. The Morgan fingerprint density at radius 3 is 2.69 bits per heavy atom. The third-order valence-corrected chi connectivity index (χ3v) is 4.02. The maximum atomic E-state index is 13.6. The lowest BCUT2D eigenvalue weighted by molar-refractivity contribution is -0.137. The Hall–Kier alpha value is -2.31. The van der Waals surface area contributed by atoms with Gasteiger partial charge in [0.25, 0.3) is 5.91 Å². The first-order valence-electron chi connectivity index (χ1n) is 8.90. The highest BCUT2D eigenvalue weighted by Gasteiger charge is 2.28. The van der Waals surface area contributed by atoms with Crippen molar-refractivity contribution in [3.8, 4) is 5.75 Å². The number of hydrogen-bond donors (Lipinski definition) is 1. The lowest BCUT2D eigenvalue weighted by Gasteiger charge is -2.36. The minimum Gasteiger partial charge on any atom is -0.481 e. The molecule has 0 spiro atoms. The summed E-state index contributed by atoms with van der Waals surface area (Å²) in [6, 6.07) is 5.87. The second-order valence-electron chi connectivity index (χ2n) is 7.34. The molecule has 0 radical (unpaired) electrons. The topological polar surface area (TPSA) is 67.9 Å². The minimum absolute atomic E-state index is 0.0567. The fourth-order valence-electron chi connectivity index (χ4n) is 2.84. The molecule has 1 aromatic rings. The summed E-state index contributed by atoms with van der Waals surface area (Å²) in [7, 11) is 0. The standard InChI is InChI=1S/C19H27FN2O4/c1-19(2,3)26-18(24)21-12-14-8-6-7-11-22(14)17(23)13-25-16-10-5-4-9-15(16)20/h4-5,9-10,14H,6-8,11-13H2,1-3H3,(H,21,24). The van der Waals surface area contributed by atoms with E-state index in [1.165, 1.54) is 12.1 Å². The number of nitrogens with one attached hydrogen (secondary N) is 1. The Labute approximate surface area is 153 Å². The summed E-state index contributed by atoms with van der Waals surface area (Å²) in [5.41, 5.74) is -0.570. The van der Waals surface area contributed by atoms with E-state index < -0.39 is 17.5 Å². The van der Waals surface area contributed by atoms with Crippen molar-refractivity contribution in [1.29, 1.82) is 0 Å². The van der Waals surface area contributed by atoms with Gasteiger partial charge in [-0.25, -0.2) is 9.18 Å². The molecule has 1 aliphatic rings. The van der Waals surface area contributed by atoms with Crippen molar-refractivity contribution in [2.75, 3.05) is 19.7 Å². The van der Waals surface area contributed by atoms with Gasteiger partial charge < -0.3 is 19.7 Å². The summed E-state index contributed by atoms with van der Waals surface area (Å²) in [4.78, 5) is 26.0. The highest BCUT2D eigenvalue weighted by Crippen LogP contribution is 2.19. The zero-order valence-corrected chi connectivity index (χ0v) is 15.6. The molecule has 6 nitrogen and oxygen atoms in total. The average molecular weight is 366 g/mol. The summed E-state index contributed by atoms with van der Waals surface area (Å²) in [6.07, 6.45) is 2.17. The summed E-state index contributed by atoms with van der Waals surface area (Å²) >= 11 is 0. The van der Waals surface area contributed by atoms with Crippen molar-refractivity contribution < 1.29 is 23.5 Å². The van der Waals surface area contributed by atoms with Crippen LogP contribution in [-0.4, -0.2) is 48.2 Å². The molecule has 2 amide bonds. The molecule has 144 valence electrons. The summed E-state index contributed by atoms with van der Waals surface area (Å²) in [6.45, 7) is 6.07. The molecular formula is C19H27FN2O4. The average Bonchev–Trinajstić information content (AvgIpc) is 2.58. The number of carbonyl (C=O) groups is 2. The van der Waals surface area contributed by atoms with Gasteiger partial charge in [-0.1, -0.05) is 12.1 Å². The molecular weight excluding hydrogens is 339 g/mol. The number of piperidine rings is 1. The molecule has 1 aliphatic heterocycles. The molecule has 2 rings (SSSR count). The molecule has 0 saturated carbocycles. The predicted molar refractivity (Wildman–Crippen MR) is 95.5 cm³/mol. The zero-order valence-electron chi connectivity index (χ0n) is 15.6. The first kappa shape index (κ1) is 20.0. The number of benzene rings is 1. The van der Waals surface area contributed by atoms with Crippen molar-refractivity contribution in [3.05, 3.63) is 30.1 Å². The molecule has 0 aliphatic carbocycles. The molecule has 0 aromatic heterocycles. The fraction of sp³-hybridized carbons (Fsp3) is 0.579. The Morgan fingerprint density at radius 1 is 1.27 bits per heavy atom. The van der Waals surface area contributed by atoms with Gasteiger partial charge in [0.1, 0.15) is 5.60 Å². The van der Waals surface area contributed by atoms with E-state index in [1.54, 1.807) is 37.8 Å². The van der Waals surface area contributed by atoms with Crippen LogP contribution in [0.2, 0.25) is 0 Å². The van der Waals surface area contributed by atoms with Crippen LogP contribution in [0.15, 0.2) is 24.3 Å². The van der Waals surface area contributed by atoms with Crippen molar-refractivity contribution in [3.63, 3.8) is 0 Å². The minimum atomic E-state index is -0.570. The van der Waals surface area contributed by atoms with E-state index in [-0.39, 0.29) is 24.3 Å². The van der Waals surface area contributed by atoms with Crippen LogP contribution in [-0.2, 0) is 9.53 Å². The largest absolute Gasteiger partial charge is 0.481 e. The third kappa shape index (κ3) is 6.20. The first-order valence-corrected chi connectivity index (χ1v) is 8.90. The van der Waals surface area contributed by atoms with E-state index in [9.17, 15) is 14.0 Å². The Bertz CT molecular complexity index is 630. The van der Waals surface area contributed by atoms with Gasteiger partial charge in [0, 0.05) is 19.1 Å². The Kier molecular flexibility index (Phi) is 6.83. The van der Waals surface area contributed by atoms with Crippen LogP contribution in [0, 0.1) is 5.82 Å². The maximum Gasteiger partial charge on any atom is 0.407 e. The van der Waals surface area contributed by atoms with Crippen molar-refractivity contribution in [2.45, 2.75) is 51.7 Å². The SMILES string of the molecule is CC(C)(C)OC(=O)NCC1CCCCN1C(=O)COc1ccccc1F. The monoisotopic (exact) mass is 366 g/mol. The quantitative estimate of drug-likeness (QED) is 0.869. The van der Waals surface area contributed by atoms with Crippen LogP contribution in [0.3, 0.4) is 0 Å². The number of para-hydroxylation sites is 1. The number of ether oxygens (including phenoxy) is 2. The lowest BCUT2D eigenvalue weighted by Crippen LogP contribution is -2.51. The normalized spacial score (nSPS) is 17.5. The van der Waals surface area contributed by atoms with Crippen LogP contribution < -0.4 is 10.1 Å². The predicted octanol–water partition coefficient (Wildman–Crippen LogP) is 3.11. The summed E-state index contributed by atoms with van der Waals surface area (Å²) < 4.78 is 24.1. The van der Waals surface area contributed by atoms with Crippen molar-refractivity contribution in [1.82, 2.24) is 10.2 Å². The third-order valence-electron chi connectivity index (χ3n) is 4.02. The van der Waals surface area contributed by atoms with Gasteiger partial charge in [-0.2, -0.15) is 0 Å². The van der Waals surface area contributed by atoms with Gasteiger partial charge in [0.05, 0.1) is 0 Å². The van der Waals surface area contributed by atoms with Crippen LogP contribution in [0.25, 0.3) is 0 Å². The number of alkyl carbamates (subject to hydrolysis) is 1. The highest BCUT2D eigenvalue weighted by atomic mass is 19.1. The molecule has 7 heteroatoms. The van der Waals surface area contributed by atoms with Gasteiger partial charge in [-0.3, -0.25) is 4.79 Å². The van der Waals surface area contributed by atoms with Gasteiger partial charge in [-0.05, 0) is 52.2 Å². The Morgan fingerprint density at radius 2 is 2.00 bits per heavy atom. The van der Waals surface area contributed by atoms with E-state index in [0.29, 0.717) is 13.1 Å². The van der Waals surface area contributed by atoms with Crippen LogP contribution in [0.4, 0.5) is 9.18 Å². The van der Waals surface area contributed by atoms with E-state index in [4.69, 9.17) is 9.47 Å². The molecule has 1 fully saturated rings. The second-order valence-corrected chi connectivity index (χ2v) is 7.34. The van der Waals surface area contributed by atoms with E-state index in [2.05, 4.69) is 5.32 Å². The number of hydrogen-bond acceptors (Lipinski definition) is 4. The fourth-order valence-corrected chi connectivity index (χ4v) is 2.84. The van der Waals surface area contributed by atoms with Crippen molar-refractivity contribution in [2.24, 2.45) is 0 Å². The van der Waals surface area contributed by atoms with Gasteiger partial charge in [0.15, 0.2) is 18.2 Å². The van der Waals surface area contributed by atoms with E-state index in [0.717, 1.165) is 19.3 Å².